The third-order valence-electron chi connectivity index (χ3n) is 2.25. The Bertz CT molecular complexity index is 366. The molecule has 1 rings (SSSR count). The van der Waals surface area contributed by atoms with Crippen molar-refractivity contribution >= 4 is 11.4 Å². The van der Waals surface area contributed by atoms with Crippen LogP contribution in [0.25, 0.3) is 0 Å². The molecule has 96 valence electrons. The Labute approximate surface area is 97.9 Å². The van der Waals surface area contributed by atoms with Gasteiger partial charge >= 0.3 is 6.18 Å². The minimum absolute atomic E-state index is 0.556. The van der Waals surface area contributed by atoms with Crippen molar-refractivity contribution < 1.29 is 18.3 Å². The van der Waals surface area contributed by atoms with E-state index >= 15 is 0 Å². The maximum atomic E-state index is 12.1. The zero-order valence-corrected chi connectivity index (χ0v) is 9.62. The molecule has 0 amide bonds. The van der Waals surface area contributed by atoms with E-state index in [9.17, 15) is 13.2 Å². The van der Waals surface area contributed by atoms with E-state index in [-0.39, 0.29) is 0 Å². The Morgan fingerprint density at radius 2 is 1.88 bits per heavy atom. The molecule has 1 aromatic rings. The van der Waals surface area contributed by atoms with Crippen LogP contribution < -0.4 is 10.2 Å². The molecule has 1 aromatic carbocycles. The summed E-state index contributed by atoms with van der Waals surface area (Å²) >= 11 is 0. The molecular weight excluding hydrogens is 233 g/mol. The zero-order chi connectivity index (χ0) is 13.1. The Morgan fingerprint density at radius 1 is 1.29 bits per heavy atom. The summed E-state index contributed by atoms with van der Waals surface area (Å²) in [5.41, 5.74) is 1.32. The van der Waals surface area contributed by atoms with Gasteiger partial charge in [0.15, 0.2) is 6.10 Å². The summed E-state index contributed by atoms with van der Waals surface area (Å²) in [5.74, 6) is 0. The lowest BCUT2D eigenvalue weighted by molar-refractivity contribution is -0.198. The maximum Gasteiger partial charge on any atom is 0.416 e. The van der Waals surface area contributed by atoms with Crippen LogP contribution in [0.2, 0.25) is 0 Å². The van der Waals surface area contributed by atoms with Crippen molar-refractivity contribution in [1.29, 1.82) is 0 Å². The fourth-order valence-electron chi connectivity index (χ4n) is 1.34. The van der Waals surface area contributed by atoms with E-state index in [0.717, 1.165) is 5.69 Å². The van der Waals surface area contributed by atoms with Crippen LogP contribution >= 0.6 is 0 Å². The number of rotatable bonds is 4. The first kappa shape index (κ1) is 13.6. The lowest BCUT2D eigenvalue weighted by atomic mass is 10.2. The summed E-state index contributed by atoms with van der Waals surface area (Å²) in [6.07, 6.45) is -6.96. The lowest BCUT2D eigenvalue weighted by Crippen LogP contribution is -2.35. The predicted octanol–water partition coefficient (Wildman–Crippen LogP) is 2.09. The van der Waals surface area contributed by atoms with Crippen molar-refractivity contribution in [1.82, 2.24) is 0 Å². The van der Waals surface area contributed by atoms with E-state index in [4.69, 9.17) is 5.11 Å². The highest BCUT2D eigenvalue weighted by atomic mass is 19.4. The number of hydrogen-bond donors (Lipinski definition) is 2. The highest BCUT2D eigenvalue weighted by molar-refractivity contribution is 5.69. The largest absolute Gasteiger partial charge is 0.416 e. The summed E-state index contributed by atoms with van der Waals surface area (Å²) in [5, 5.41) is 11.5. The molecule has 0 radical (unpaired) electrons. The summed E-state index contributed by atoms with van der Waals surface area (Å²) < 4.78 is 36.3. The van der Waals surface area contributed by atoms with Crippen LogP contribution in [-0.2, 0) is 0 Å². The number of alkyl halides is 3. The molecule has 0 aromatic heterocycles. The Balaban J connectivity index is 2.70. The summed E-state index contributed by atoms with van der Waals surface area (Å²) in [4.78, 5) is 1.78. The number of hydrogen-bond acceptors (Lipinski definition) is 3. The van der Waals surface area contributed by atoms with E-state index in [1.807, 2.05) is 0 Å². The van der Waals surface area contributed by atoms with E-state index in [1.165, 1.54) is 0 Å². The Kier molecular flexibility index (Phi) is 4.22. The maximum absolute atomic E-state index is 12.1. The van der Waals surface area contributed by atoms with Gasteiger partial charge < -0.3 is 15.3 Å². The molecule has 0 bridgehead atoms. The average molecular weight is 248 g/mol. The number of nitrogens with one attached hydrogen (secondary N) is 1. The van der Waals surface area contributed by atoms with E-state index in [0.29, 0.717) is 5.69 Å². The van der Waals surface area contributed by atoms with Gasteiger partial charge in [-0.2, -0.15) is 13.2 Å². The molecule has 0 aliphatic carbocycles. The van der Waals surface area contributed by atoms with Crippen LogP contribution in [-0.4, -0.2) is 38.0 Å². The monoisotopic (exact) mass is 248 g/mol. The van der Waals surface area contributed by atoms with Crippen LogP contribution in [0.5, 0.6) is 0 Å². The number of nitrogens with zero attached hydrogens (tertiary/aromatic N) is 1. The van der Waals surface area contributed by atoms with E-state index in [1.54, 1.807) is 43.3 Å². The Morgan fingerprint density at radius 3 is 2.41 bits per heavy atom. The van der Waals surface area contributed by atoms with Crippen molar-refractivity contribution in [2.45, 2.75) is 12.3 Å². The second-order valence-electron chi connectivity index (χ2n) is 3.85. The Hall–Kier alpha value is -1.43. The molecular formula is C11H15F3N2O. The van der Waals surface area contributed by atoms with Crippen molar-refractivity contribution in [2.75, 3.05) is 30.9 Å². The van der Waals surface area contributed by atoms with Crippen LogP contribution in [0.15, 0.2) is 24.3 Å². The second-order valence-corrected chi connectivity index (χ2v) is 3.85. The van der Waals surface area contributed by atoms with Crippen LogP contribution in [0, 0.1) is 0 Å². The normalized spacial score (nSPS) is 13.3. The van der Waals surface area contributed by atoms with Gasteiger partial charge in [-0.1, -0.05) is 12.1 Å². The smallest absolute Gasteiger partial charge is 0.382 e. The van der Waals surface area contributed by atoms with Gasteiger partial charge in [0.25, 0.3) is 0 Å². The van der Waals surface area contributed by atoms with Crippen LogP contribution in [0.1, 0.15) is 0 Å². The molecule has 1 atom stereocenters. The third-order valence-corrected chi connectivity index (χ3v) is 2.25. The molecule has 0 saturated carbocycles. The fraction of sp³-hybridized carbons (Fsp3) is 0.455. The van der Waals surface area contributed by atoms with Crippen molar-refractivity contribution in [3.05, 3.63) is 24.3 Å². The number of aliphatic hydroxyl groups is 1. The average Bonchev–Trinajstić information content (AvgIpc) is 2.24. The summed E-state index contributed by atoms with van der Waals surface area (Å²) in [6, 6.07) is 6.96. The fourth-order valence-corrected chi connectivity index (χ4v) is 1.34. The summed E-state index contributed by atoms with van der Waals surface area (Å²) in [7, 11) is 3.58. The van der Waals surface area contributed by atoms with Crippen molar-refractivity contribution in [2.24, 2.45) is 0 Å². The highest BCUT2D eigenvalue weighted by Gasteiger charge is 2.37. The van der Waals surface area contributed by atoms with Crippen LogP contribution in [0.4, 0.5) is 24.5 Å². The minimum atomic E-state index is -4.60. The SMILES string of the molecule is CN(C)c1ccccc1NCC(O)C(F)(F)F. The third kappa shape index (κ3) is 3.81. The summed E-state index contributed by atoms with van der Waals surface area (Å²) in [6.45, 7) is -0.561. The molecule has 1 unspecified atom stereocenters. The number of aliphatic hydroxyl groups excluding tert-OH is 1. The second kappa shape index (κ2) is 5.27. The van der Waals surface area contributed by atoms with Gasteiger partial charge in [0.2, 0.25) is 0 Å². The van der Waals surface area contributed by atoms with Gasteiger partial charge in [-0.15, -0.1) is 0 Å². The van der Waals surface area contributed by atoms with Gasteiger partial charge in [0, 0.05) is 20.6 Å². The molecule has 0 heterocycles. The molecule has 0 spiro atoms. The van der Waals surface area contributed by atoms with Gasteiger partial charge in [-0.25, -0.2) is 0 Å². The van der Waals surface area contributed by atoms with Gasteiger partial charge in [0.1, 0.15) is 0 Å². The molecule has 3 nitrogen and oxygen atoms in total. The first-order chi connectivity index (χ1) is 7.82. The zero-order valence-electron chi connectivity index (χ0n) is 9.62. The van der Waals surface area contributed by atoms with Gasteiger partial charge in [-0.05, 0) is 12.1 Å². The number of anilines is 2. The minimum Gasteiger partial charge on any atom is -0.382 e. The molecule has 6 heteroatoms. The lowest BCUT2D eigenvalue weighted by Gasteiger charge is -2.20. The first-order valence-electron chi connectivity index (χ1n) is 5.07. The van der Waals surface area contributed by atoms with Gasteiger partial charge in [0.05, 0.1) is 11.4 Å². The highest BCUT2D eigenvalue weighted by Crippen LogP contribution is 2.25. The molecule has 0 aliphatic heterocycles. The molecule has 2 N–H and O–H groups in total. The standard InChI is InChI=1S/C11H15F3N2O/c1-16(2)9-6-4-3-5-8(9)15-7-10(17)11(12,13)14/h3-6,10,15,17H,7H2,1-2H3. The number of halogens is 3. The van der Waals surface area contributed by atoms with Gasteiger partial charge in [-0.3, -0.25) is 0 Å². The number of benzene rings is 1. The molecule has 17 heavy (non-hydrogen) atoms. The first-order valence-corrected chi connectivity index (χ1v) is 5.07. The van der Waals surface area contributed by atoms with Crippen molar-refractivity contribution in [3.63, 3.8) is 0 Å². The predicted molar refractivity (Wildman–Crippen MR) is 61.3 cm³/mol. The molecule has 0 saturated heterocycles. The topological polar surface area (TPSA) is 35.5 Å². The van der Waals surface area contributed by atoms with E-state index in [2.05, 4.69) is 5.32 Å². The number of para-hydroxylation sites is 2. The molecule has 0 fully saturated rings. The van der Waals surface area contributed by atoms with E-state index < -0.39 is 18.8 Å². The van der Waals surface area contributed by atoms with Crippen LogP contribution in [0.3, 0.4) is 0 Å². The quantitative estimate of drug-likeness (QED) is 0.856. The molecule has 0 aliphatic rings. The van der Waals surface area contributed by atoms with Crippen molar-refractivity contribution in [3.8, 4) is 0 Å².